The Kier molecular flexibility index (Phi) is 9.40. The van der Waals surface area contributed by atoms with Gasteiger partial charge in [0.15, 0.2) is 0 Å². The van der Waals surface area contributed by atoms with Gasteiger partial charge in [0.05, 0.1) is 31.2 Å². The molecule has 0 amide bonds. The van der Waals surface area contributed by atoms with E-state index in [4.69, 9.17) is 14.2 Å². The van der Waals surface area contributed by atoms with Crippen molar-refractivity contribution in [3.8, 4) is 0 Å². The SMILES string of the molecule is CCOC(=O)Cc1ccc(NCCCOCCOC)c([N+](=O)[O-])c1. The normalized spacial score (nSPS) is 10.4. The maximum absolute atomic E-state index is 11.5. The topological polar surface area (TPSA) is 99.9 Å². The zero-order valence-electron chi connectivity index (χ0n) is 14.1. The fourth-order valence-electron chi connectivity index (χ4n) is 2.01. The van der Waals surface area contributed by atoms with E-state index < -0.39 is 10.9 Å². The Hall–Kier alpha value is -2.19. The molecule has 8 heteroatoms. The summed E-state index contributed by atoms with van der Waals surface area (Å²) in [5.74, 6) is -0.402. The van der Waals surface area contributed by atoms with E-state index in [9.17, 15) is 14.9 Å². The minimum Gasteiger partial charge on any atom is -0.466 e. The molecule has 0 radical (unpaired) electrons. The van der Waals surface area contributed by atoms with Crippen LogP contribution in [-0.4, -0.2) is 51.0 Å². The van der Waals surface area contributed by atoms with Crippen molar-refractivity contribution in [2.75, 3.05) is 45.4 Å². The van der Waals surface area contributed by atoms with Gasteiger partial charge in [0.2, 0.25) is 0 Å². The lowest BCUT2D eigenvalue weighted by Crippen LogP contribution is -2.10. The molecule has 0 aliphatic heterocycles. The first kappa shape index (κ1) is 19.9. The number of carbonyl (C=O) groups excluding carboxylic acids is 1. The van der Waals surface area contributed by atoms with Crippen LogP contribution in [0.2, 0.25) is 0 Å². The highest BCUT2D eigenvalue weighted by Gasteiger charge is 2.16. The third-order valence-corrected chi connectivity index (χ3v) is 3.13. The molecule has 0 atom stereocenters. The standard InChI is InChI=1S/C16H24N2O6/c1-3-24-16(19)12-13-5-6-14(15(11-13)18(20)21)17-7-4-8-23-10-9-22-2/h5-6,11,17H,3-4,7-10,12H2,1-2H3. The second-order valence-corrected chi connectivity index (χ2v) is 4.98. The van der Waals surface area contributed by atoms with Gasteiger partial charge in [-0.3, -0.25) is 14.9 Å². The molecular weight excluding hydrogens is 316 g/mol. The summed E-state index contributed by atoms with van der Waals surface area (Å²) in [6.45, 7) is 4.16. The third-order valence-electron chi connectivity index (χ3n) is 3.13. The Morgan fingerprint density at radius 1 is 1.29 bits per heavy atom. The second kappa shape index (κ2) is 11.4. The van der Waals surface area contributed by atoms with Crippen molar-refractivity contribution in [3.05, 3.63) is 33.9 Å². The van der Waals surface area contributed by atoms with Crippen molar-refractivity contribution in [2.45, 2.75) is 19.8 Å². The van der Waals surface area contributed by atoms with E-state index in [0.29, 0.717) is 44.0 Å². The predicted molar refractivity (Wildman–Crippen MR) is 89.2 cm³/mol. The van der Waals surface area contributed by atoms with Crippen molar-refractivity contribution >= 4 is 17.3 Å². The summed E-state index contributed by atoms with van der Waals surface area (Å²) in [6.07, 6.45) is 0.730. The summed E-state index contributed by atoms with van der Waals surface area (Å²) in [5.41, 5.74) is 0.912. The van der Waals surface area contributed by atoms with Crippen LogP contribution in [0.1, 0.15) is 18.9 Å². The third kappa shape index (κ3) is 7.38. The van der Waals surface area contributed by atoms with Gasteiger partial charge in [-0.2, -0.15) is 0 Å². The number of rotatable bonds is 12. The van der Waals surface area contributed by atoms with Gasteiger partial charge in [-0.15, -0.1) is 0 Å². The smallest absolute Gasteiger partial charge is 0.310 e. The average molecular weight is 340 g/mol. The van der Waals surface area contributed by atoms with Gasteiger partial charge in [0, 0.05) is 26.3 Å². The highest BCUT2D eigenvalue weighted by molar-refractivity contribution is 5.74. The summed E-state index contributed by atoms with van der Waals surface area (Å²) in [7, 11) is 1.61. The Morgan fingerprint density at radius 3 is 2.75 bits per heavy atom. The van der Waals surface area contributed by atoms with Crippen LogP contribution in [0.25, 0.3) is 0 Å². The van der Waals surface area contributed by atoms with Gasteiger partial charge in [-0.05, 0) is 25.0 Å². The summed E-state index contributed by atoms with van der Waals surface area (Å²) >= 11 is 0. The lowest BCUT2D eigenvalue weighted by molar-refractivity contribution is -0.384. The molecular formula is C16H24N2O6. The van der Waals surface area contributed by atoms with Gasteiger partial charge in [0.25, 0.3) is 5.69 Å². The fraction of sp³-hybridized carbons (Fsp3) is 0.562. The number of hydrogen-bond acceptors (Lipinski definition) is 7. The molecule has 0 aliphatic rings. The second-order valence-electron chi connectivity index (χ2n) is 4.98. The molecule has 1 rings (SSSR count). The molecule has 0 fully saturated rings. The molecule has 0 aromatic heterocycles. The highest BCUT2D eigenvalue weighted by Crippen LogP contribution is 2.25. The Balaban J connectivity index is 2.54. The molecule has 0 aliphatic carbocycles. The van der Waals surface area contributed by atoms with Crippen LogP contribution in [0.4, 0.5) is 11.4 Å². The lowest BCUT2D eigenvalue weighted by Gasteiger charge is -2.09. The van der Waals surface area contributed by atoms with Crippen LogP contribution < -0.4 is 5.32 Å². The first-order valence-corrected chi connectivity index (χ1v) is 7.82. The first-order valence-electron chi connectivity index (χ1n) is 7.82. The number of esters is 1. The van der Waals surface area contributed by atoms with Crippen LogP contribution >= 0.6 is 0 Å². The maximum atomic E-state index is 11.5. The van der Waals surface area contributed by atoms with Crippen molar-refractivity contribution in [1.82, 2.24) is 0 Å². The van der Waals surface area contributed by atoms with Gasteiger partial charge in [-0.1, -0.05) is 6.07 Å². The van der Waals surface area contributed by atoms with E-state index in [2.05, 4.69) is 5.32 Å². The van der Waals surface area contributed by atoms with Gasteiger partial charge in [-0.25, -0.2) is 0 Å². The highest BCUT2D eigenvalue weighted by atomic mass is 16.6. The Morgan fingerprint density at radius 2 is 2.08 bits per heavy atom. The summed E-state index contributed by atoms with van der Waals surface area (Å²) in [4.78, 5) is 22.2. The number of nitro groups is 1. The molecule has 0 saturated heterocycles. The Bertz CT molecular complexity index is 535. The number of nitro benzene ring substituents is 1. The molecule has 0 bridgehead atoms. The maximum Gasteiger partial charge on any atom is 0.310 e. The molecule has 1 aromatic carbocycles. The summed E-state index contributed by atoms with van der Waals surface area (Å²) in [6, 6.07) is 4.69. The number of hydrogen-bond donors (Lipinski definition) is 1. The number of anilines is 1. The van der Waals surface area contributed by atoms with Gasteiger partial charge in [0.1, 0.15) is 5.69 Å². The van der Waals surface area contributed by atoms with Crippen LogP contribution in [0.3, 0.4) is 0 Å². The van der Waals surface area contributed by atoms with Crippen LogP contribution in [0.15, 0.2) is 18.2 Å². The van der Waals surface area contributed by atoms with E-state index in [1.54, 1.807) is 26.2 Å². The van der Waals surface area contributed by atoms with E-state index in [0.717, 1.165) is 0 Å². The first-order chi connectivity index (χ1) is 11.6. The van der Waals surface area contributed by atoms with Gasteiger partial charge < -0.3 is 19.5 Å². The monoisotopic (exact) mass is 340 g/mol. The zero-order valence-corrected chi connectivity index (χ0v) is 14.1. The lowest BCUT2D eigenvalue weighted by atomic mass is 10.1. The quantitative estimate of drug-likeness (QED) is 0.269. The largest absolute Gasteiger partial charge is 0.466 e. The molecule has 1 N–H and O–H groups in total. The fourth-order valence-corrected chi connectivity index (χ4v) is 2.01. The molecule has 1 aromatic rings. The molecule has 0 unspecified atom stereocenters. The number of ether oxygens (including phenoxy) is 3. The Labute approximate surface area is 141 Å². The van der Waals surface area contributed by atoms with Crippen LogP contribution in [0, 0.1) is 10.1 Å². The van der Waals surface area contributed by atoms with Gasteiger partial charge >= 0.3 is 5.97 Å². The molecule has 0 heterocycles. The van der Waals surface area contributed by atoms with Crippen molar-refractivity contribution < 1.29 is 23.9 Å². The number of nitrogens with one attached hydrogen (secondary N) is 1. The number of methoxy groups -OCH3 is 1. The minimum absolute atomic E-state index is 0.0162. The van der Waals surface area contributed by atoms with Crippen molar-refractivity contribution in [1.29, 1.82) is 0 Å². The van der Waals surface area contributed by atoms with E-state index in [1.165, 1.54) is 6.07 Å². The number of carbonyl (C=O) groups is 1. The number of nitrogens with zero attached hydrogens (tertiary/aromatic N) is 1. The molecule has 24 heavy (non-hydrogen) atoms. The van der Waals surface area contributed by atoms with Crippen LogP contribution in [-0.2, 0) is 25.4 Å². The summed E-state index contributed by atoms with van der Waals surface area (Å²) < 4.78 is 15.0. The molecule has 0 saturated carbocycles. The van der Waals surface area contributed by atoms with E-state index in [1.807, 2.05) is 0 Å². The average Bonchev–Trinajstić information content (AvgIpc) is 2.55. The van der Waals surface area contributed by atoms with E-state index in [-0.39, 0.29) is 18.7 Å². The van der Waals surface area contributed by atoms with Crippen molar-refractivity contribution in [3.63, 3.8) is 0 Å². The van der Waals surface area contributed by atoms with Crippen LogP contribution in [0.5, 0.6) is 0 Å². The summed E-state index contributed by atoms with van der Waals surface area (Å²) in [5, 5.41) is 14.2. The van der Waals surface area contributed by atoms with Crippen molar-refractivity contribution in [2.24, 2.45) is 0 Å². The number of benzene rings is 1. The zero-order chi connectivity index (χ0) is 17.8. The molecule has 134 valence electrons. The predicted octanol–water partition coefficient (Wildman–Crippen LogP) is 2.17. The molecule has 0 spiro atoms. The van der Waals surface area contributed by atoms with E-state index >= 15 is 0 Å². The minimum atomic E-state index is -0.466. The molecule has 8 nitrogen and oxygen atoms in total.